The number of aromatic nitrogens is 1. The zero-order chi connectivity index (χ0) is 23.0. The Labute approximate surface area is 196 Å². The molecule has 7 heteroatoms. The number of halogens is 1. The van der Waals surface area contributed by atoms with Crippen molar-refractivity contribution in [3.63, 3.8) is 0 Å². The summed E-state index contributed by atoms with van der Waals surface area (Å²) in [5.74, 6) is 0.413. The lowest BCUT2D eigenvalue weighted by atomic mass is 9.68. The number of hydrogen-bond donors (Lipinski definition) is 2. The van der Waals surface area contributed by atoms with Crippen molar-refractivity contribution in [2.45, 2.75) is 39.5 Å². The second-order valence-corrected chi connectivity index (χ2v) is 9.94. The van der Waals surface area contributed by atoms with Crippen molar-refractivity contribution >= 4 is 33.4 Å². The number of ether oxygens (including phenoxy) is 1. The van der Waals surface area contributed by atoms with Crippen molar-refractivity contribution in [1.29, 1.82) is 0 Å². The van der Waals surface area contributed by atoms with Gasteiger partial charge in [0.15, 0.2) is 5.78 Å². The van der Waals surface area contributed by atoms with Gasteiger partial charge in [0.25, 0.3) is 5.91 Å². The summed E-state index contributed by atoms with van der Waals surface area (Å²) in [6.45, 7) is 6.07. The number of carbonyl (C=O) groups is 2. The lowest BCUT2D eigenvalue weighted by Gasteiger charge is -2.39. The first-order valence-corrected chi connectivity index (χ1v) is 11.3. The van der Waals surface area contributed by atoms with E-state index in [0.717, 1.165) is 27.9 Å². The van der Waals surface area contributed by atoms with E-state index in [0.29, 0.717) is 29.1 Å². The van der Waals surface area contributed by atoms with Gasteiger partial charge in [-0.25, -0.2) is 4.98 Å². The van der Waals surface area contributed by atoms with Gasteiger partial charge in [0.2, 0.25) is 0 Å². The number of carbonyl (C=O) groups excluding carboxylic acids is 2. The minimum Gasteiger partial charge on any atom is -0.497 e. The van der Waals surface area contributed by atoms with Crippen LogP contribution in [0.4, 0.5) is 5.82 Å². The van der Waals surface area contributed by atoms with Gasteiger partial charge in [-0.2, -0.15) is 0 Å². The van der Waals surface area contributed by atoms with Crippen molar-refractivity contribution < 1.29 is 14.3 Å². The standard InChI is InChI=1S/C25H26BrN3O3/c1-14-21(24(31)29-20-9-8-16(26)13-27-20)22(15-6-5-7-17(10-15)32-4)23-18(28-14)11-25(2,3)12-19(23)30/h5-10,13,22,28H,11-12H2,1-4H3,(H,27,29,31). The van der Waals surface area contributed by atoms with E-state index in [1.165, 1.54) is 0 Å². The summed E-state index contributed by atoms with van der Waals surface area (Å²) < 4.78 is 6.25. The fourth-order valence-electron chi connectivity index (χ4n) is 4.52. The fourth-order valence-corrected chi connectivity index (χ4v) is 4.76. The van der Waals surface area contributed by atoms with Gasteiger partial charge >= 0.3 is 0 Å². The monoisotopic (exact) mass is 495 g/mol. The number of hydrogen-bond acceptors (Lipinski definition) is 5. The molecule has 32 heavy (non-hydrogen) atoms. The average molecular weight is 496 g/mol. The van der Waals surface area contributed by atoms with Gasteiger partial charge in [0.1, 0.15) is 11.6 Å². The number of amides is 1. The molecule has 1 unspecified atom stereocenters. The second kappa shape index (κ2) is 8.54. The molecule has 0 saturated carbocycles. The summed E-state index contributed by atoms with van der Waals surface area (Å²) in [7, 11) is 1.61. The number of nitrogens with zero attached hydrogens (tertiary/aromatic N) is 1. The summed E-state index contributed by atoms with van der Waals surface area (Å²) in [5.41, 5.74) is 3.52. The molecular formula is C25H26BrN3O3. The Kier molecular flexibility index (Phi) is 5.95. The van der Waals surface area contributed by atoms with E-state index in [2.05, 4.69) is 45.4 Å². The number of allylic oxidation sites excluding steroid dienone is 3. The van der Waals surface area contributed by atoms with Crippen LogP contribution in [0, 0.1) is 5.41 Å². The van der Waals surface area contributed by atoms with Crippen LogP contribution in [0.5, 0.6) is 5.75 Å². The minimum absolute atomic E-state index is 0.0659. The summed E-state index contributed by atoms with van der Waals surface area (Å²) in [6, 6.07) is 11.1. The highest BCUT2D eigenvalue weighted by molar-refractivity contribution is 9.10. The van der Waals surface area contributed by atoms with Crippen molar-refractivity contribution in [1.82, 2.24) is 10.3 Å². The lowest BCUT2D eigenvalue weighted by Crippen LogP contribution is -2.39. The molecule has 2 N–H and O–H groups in total. The van der Waals surface area contributed by atoms with Gasteiger partial charge in [-0.05, 0) is 64.5 Å². The number of anilines is 1. The number of benzene rings is 1. The molecule has 1 aromatic carbocycles. The van der Waals surface area contributed by atoms with E-state index < -0.39 is 5.92 Å². The van der Waals surface area contributed by atoms with E-state index >= 15 is 0 Å². The Morgan fingerprint density at radius 1 is 1.25 bits per heavy atom. The number of nitrogens with one attached hydrogen (secondary N) is 2. The smallest absolute Gasteiger partial charge is 0.255 e. The first kappa shape index (κ1) is 22.3. The maximum atomic E-state index is 13.5. The number of dihydropyridines is 1. The second-order valence-electron chi connectivity index (χ2n) is 9.02. The van der Waals surface area contributed by atoms with Crippen LogP contribution in [0.2, 0.25) is 0 Å². The summed E-state index contributed by atoms with van der Waals surface area (Å²) in [6.07, 6.45) is 2.81. The molecule has 1 aromatic heterocycles. The van der Waals surface area contributed by atoms with Gasteiger partial charge in [0, 0.05) is 45.5 Å². The third-order valence-electron chi connectivity index (χ3n) is 5.88. The van der Waals surface area contributed by atoms with Gasteiger partial charge in [-0.15, -0.1) is 0 Å². The Morgan fingerprint density at radius 2 is 2.03 bits per heavy atom. The zero-order valence-electron chi connectivity index (χ0n) is 18.6. The molecule has 0 spiro atoms. The molecule has 1 atom stereocenters. The molecule has 166 valence electrons. The molecule has 2 aliphatic rings. The third kappa shape index (κ3) is 4.35. The van der Waals surface area contributed by atoms with E-state index in [1.54, 1.807) is 19.4 Å². The topological polar surface area (TPSA) is 80.3 Å². The van der Waals surface area contributed by atoms with Crippen LogP contribution in [0.1, 0.15) is 45.1 Å². The van der Waals surface area contributed by atoms with Crippen LogP contribution in [-0.2, 0) is 9.59 Å². The molecular weight excluding hydrogens is 470 g/mol. The summed E-state index contributed by atoms with van der Waals surface area (Å²) in [4.78, 5) is 31.1. The van der Waals surface area contributed by atoms with Crippen molar-refractivity contribution in [2.75, 3.05) is 12.4 Å². The van der Waals surface area contributed by atoms with Crippen LogP contribution in [0.25, 0.3) is 0 Å². The zero-order valence-corrected chi connectivity index (χ0v) is 20.2. The van der Waals surface area contributed by atoms with Gasteiger partial charge in [-0.3, -0.25) is 9.59 Å². The highest BCUT2D eigenvalue weighted by Crippen LogP contribution is 2.47. The maximum absolute atomic E-state index is 13.5. The molecule has 1 amide bonds. The number of pyridine rings is 1. The summed E-state index contributed by atoms with van der Waals surface area (Å²) >= 11 is 3.36. The first-order valence-electron chi connectivity index (χ1n) is 10.5. The Hall–Kier alpha value is -2.93. The number of ketones is 1. The van der Waals surface area contributed by atoms with Crippen LogP contribution in [0.15, 0.2) is 69.6 Å². The molecule has 1 aliphatic carbocycles. The molecule has 0 fully saturated rings. The molecule has 4 rings (SSSR count). The van der Waals surface area contributed by atoms with E-state index in [-0.39, 0.29) is 17.1 Å². The van der Waals surface area contributed by atoms with Crippen molar-refractivity contribution in [2.24, 2.45) is 5.41 Å². The molecule has 1 aliphatic heterocycles. The van der Waals surface area contributed by atoms with E-state index in [4.69, 9.17) is 4.74 Å². The van der Waals surface area contributed by atoms with Gasteiger partial charge < -0.3 is 15.4 Å². The number of Topliss-reactive ketones (excluding diaryl/α,β-unsaturated/α-hetero) is 1. The Morgan fingerprint density at radius 3 is 2.72 bits per heavy atom. The maximum Gasteiger partial charge on any atom is 0.255 e. The first-order chi connectivity index (χ1) is 15.2. The lowest BCUT2D eigenvalue weighted by molar-refractivity contribution is -0.118. The predicted molar refractivity (Wildman–Crippen MR) is 127 cm³/mol. The third-order valence-corrected chi connectivity index (χ3v) is 6.35. The predicted octanol–water partition coefficient (Wildman–Crippen LogP) is 5.10. The van der Waals surface area contributed by atoms with Gasteiger partial charge in [-0.1, -0.05) is 26.0 Å². The van der Waals surface area contributed by atoms with Crippen LogP contribution in [0.3, 0.4) is 0 Å². The number of methoxy groups -OCH3 is 1. The molecule has 0 bridgehead atoms. The van der Waals surface area contributed by atoms with E-state index in [1.807, 2.05) is 37.3 Å². The highest BCUT2D eigenvalue weighted by Gasteiger charge is 2.42. The van der Waals surface area contributed by atoms with E-state index in [9.17, 15) is 9.59 Å². The molecule has 2 aromatic rings. The molecule has 2 heterocycles. The average Bonchev–Trinajstić information content (AvgIpc) is 2.73. The van der Waals surface area contributed by atoms with Gasteiger partial charge in [0.05, 0.1) is 7.11 Å². The number of rotatable bonds is 4. The molecule has 6 nitrogen and oxygen atoms in total. The SMILES string of the molecule is COc1cccc(C2C(C(=O)Nc3ccc(Br)cn3)=C(C)NC3=C2C(=O)CC(C)(C)C3)c1. The fraction of sp³-hybridized carbons (Fsp3) is 0.320. The minimum atomic E-state index is -0.486. The van der Waals surface area contributed by atoms with Crippen LogP contribution in [-0.4, -0.2) is 23.8 Å². The highest BCUT2D eigenvalue weighted by atomic mass is 79.9. The Bertz CT molecular complexity index is 1150. The molecule has 0 saturated heterocycles. The van der Waals surface area contributed by atoms with Crippen molar-refractivity contribution in [3.8, 4) is 5.75 Å². The largest absolute Gasteiger partial charge is 0.497 e. The van der Waals surface area contributed by atoms with Crippen LogP contribution < -0.4 is 15.4 Å². The quantitative estimate of drug-likeness (QED) is 0.616. The molecule has 0 radical (unpaired) electrons. The Balaban J connectivity index is 1.81. The normalized spacial score (nSPS) is 19.9. The van der Waals surface area contributed by atoms with Crippen LogP contribution >= 0.6 is 15.9 Å². The summed E-state index contributed by atoms with van der Waals surface area (Å²) in [5, 5.41) is 6.27. The van der Waals surface area contributed by atoms with Crippen molar-refractivity contribution in [3.05, 3.63) is 75.2 Å².